The van der Waals surface area contributed by atoms with Gasteiger partial charge in [-0.15, -0.1) is 0 Å². The van der Waals surface area contributed by atoms with Gasteiger partial charge in [-0.3, -0.25) is 0 Å². The number of nitrogens with one attached hydrogen (secondary N) is 1. The Morgan fingerprint density at radius 3 is 2.93 bits per heavy atom. The van der Waals surface area contributed by atoms with Crippen LogP contribution in [0.5, 0.6) is 0 Å². The van der Waals surface area contributed by atoms with Gasteiger partial charge >= 0.3 is 0 Å². The molecule has 1 fully saturated rings. The van der Waals surface area contributed by atoms with Gasteiger partial charge in [0.2, 0.25) is 0 Å². The molecule has 1 aliphatic rings. The first kappa shape index (κ1) is 12.3. The molecule has 0 aromatic carbocycles. The molecule has 0 saturated heterocycles. The molecule has 0 aliphatic heterocycles. The summed E-state index contributed by atoms with van der Waals surface area (Å²) in [6.45, 7) is 3.40. The van der Waals surface area contributed by atoms with Crippen LogP contribution in [0.1, 0.15) is 32.6 Å². The van der Waals surface area contributed by atoms with Crippen LogP contribution in [0.25, 0.3) is 0 Å². The predicted octanol–water partition coefficient (Wildman–Crippen LogP) is 1.88. The average Bonchev–Trinajstić information content (AvgIpc) is 2.59. The van der Waals surface area contributed by atoms with Crippen molar-refractivity contribution in [3.8, 4) is 0 Å². The molecule has 2 nitrogen and oxygen atoms in total. The Morgan fingerprint density at radius 2 is 2.36 bits per heavy atom. The maximum atomic E-state index is 9.55. The summed E-state index contributed by atoms with van der Waals surface area (Å²) in [7, 11) is 0. The fraction of sp³-hybridized carbons (Fsp3) is 1.00. The number of hydrogen-bond donors (Lipinski definition) is 2. The largest absolute Gasteiger partial charge is 0.394 e. The van der Waals surface area contributed by atoms with Crippen LogP contribution in [0.4, 0.5) is 0 Å². The zero-order valence-electron chi connectivity index (χ0n) is 9.38. The standard InChI is InChI=1S/C11H23NOS/c1-3-12-11(9-13)7-4-5-10(11)6-8-14-2/h10,12-13H,3-9H2,1-2H3. The molecule has 0 spiro atoms. The molecule has 1 saturated carbocycles. The Hall–Kier alpha value is 0.270. The molecule has 3 heteroatoms. The minimum Gasteiger partial charge on any atom is -0.394 e. The molecule has 84 valence electrons. The molecule has 14 heavy (non-hydrogen) atoms. The molecule has 0 bridgehead atoms. The molecule has 2 atom stereocenters. The normalized spacial score (nSPS) is 32.4. The molecule has 0 heterocycles. The van der Waals surface area contributed by atoms with E-state index in [1.54, 1.807) is 0 Å². The monoisotopic (exact) mass is 217 g/mol. The lowest BCUT2D eigenvalue weighted by molar-refractivity contribution is 0.124. The molecular formula is C11H23NOS. The molecule has 1 aliphatic carbocycles. The summed E-state index contributed by atoms with van der Waals surface area (Å²) in [6, 6.07) is 0. The van der Waals surface area contributed by atoms with Crippen LogP contribution in [0.15, 0.2) is 0 Å². The predicted molar refractivity (Wildman–Crippen MR) is 63.8 cm³/mol. The van der Waals surface area contributed by atoms with Gasteiger partial charge in [-0.2, -0.15) is 11.8 Å². The lowest BCUT2D eigenvalue weighted by Gasteiger charge is -2.34. The summed E-state index contributed by atoms with van der Waals surface area (Å²) >= 11 is 1.91. The van der Waals surface area contributed by atoms with Gasteiger partial charge in [0.15, 0.2) is 0 Å². The van der Waals surface area contributed by atoms with Crippen LogP contribution in [-0.2, 0) is 0 Å². The molecule has 2 N–H and O–H groups in total. The van der Waals surface area contributed by atoms with Crippen LogP contribution in [0, 0.1) is 5.92 Å². The van der Waals surface area contributed by atoms with Crippen molar-refractivity contribution in [2.45, 2.75) is 38.1 Å². The molecule has 0 amide bonds. The number of thioether (sulfide) groups is 1. The summed E-state index contributed by atoms with van der Waals surface area (Å²) in [5, 5.41) is 13.1. The van der Waals surface area contributed by atoms with Crippen LogP contribution in [-0.4, -0.2) is 35.8 Å². The fourth-order valence-electron chi connectivity index (χ4n) is 2.67. The molecular weight excluding hydrogens is 194 g/mol. The number of aliphatic hydroxyl groups excluding tert-OH is 1. The average molecular weight is 217 g/mol. The molecule has 0 aromatic heterocycles. The van der Waals surface area contributed by atoms with Crippen LogP contribution in [0.3, 0.4) is 0 Å². The lowest BCUT2D eigenvalue weighted by Crippen LogP contribution is -2.51. The molecule has 2 unspecified atom stereocenters. The minimum absolute atomic E-state index is 0.0461. The molecule has 0 radical (unpaired) electrons. The third kappa shape index (κ3) is 2.65. The summed E-state index contributed by atoms with van der Waals surface area (Å²) in [5.74, 6) is 1.90. The quantitative estimate of drug-likeness (QED) is 0.712. The highest BCUT2D eigenvalue weighted by molar-refractivity contribution is 7.98. The van der Waals surface area contributed by atoms with Crippen molar-refractivity contribution in [2.75, 3.05) is 25.2 Å². The number of hydrogen-bond acceptors (Lipinski definition) is 3. The van der Waals surface area contributed by atoms with E-state index in [1.165, 1.54) is 25.0 Å². The maximum absolute atomic E-state index is 9.55. The smallest absolute Gasteiger partial charge is 0.0616 e. The Kier molecular flexibility index (Phi) is 5.28. The highest BCUT2D eigenvalue weighted by atomic mass is 32.2. The van der Waals surface area contributed by atoms with E-state index >= 15 is 0 Å². The van der Waals surface area contributed by atoms with Crippen molar-refractivity contribution in [1.82, 2.24) is 5.32 Å². The van der Waals surface area contributed by atoms with E-state index in [0.717, 1.165) is 13.0 Å². The highest BCUT2D eigenvalue weighted by Crippen LogP contribution is 2.38. The zero-order valence-corrected chi connectivity index (χ0v) is 10.2. The van der Waals surface area contributed by atoms with E-state index in [4.69, 9.17) is 0 Å². The van der Waals surface area contributed by atoms with Gasteiger partial charge in [0.1, 0.15) is 0 Å². The highest BCUT2D eigenvalue weighted by Gasteiger charge is 2.40. The fourth-order valence-corrected chi connectivity index (χ4v) is 3.19. The van der Waals surface area contributed by atoms with E-state index in [0.29, 0.717) is 12.5 Å². The molecule has 0 aromatic rings. The van der Waals surface area contributed by atoms with E-state index in [-0.39, 0.29) is 5.54 Å². The summed E-state index contributed by atoms with van der Waals surface area (Å²) in [6.07, 6.45) is 7.11. The van der Waals surface area contributed by atoms with Crippen molar-refractivity contribution >= 4 is 11.8 Å². The van der Waals surface area contributed by atoms with Crippen molar-refractivity contribution in [1.29, 1.82) is 0 Å². The summed E-state index contributed by atoms with van der Waals surface area (Å²) in [5.41, 5.74) is 0.0461. The van der Waals surface area contributed by atoms with Crippen molar-refractivity contribution < 1.29 is 5.11 Å². The number of likely N-dealkylation sites (N-methyl/N-ethyl adjacent to an activating group) is 1. The number of aliphatic hydroxyl groups is 1. The first-order valence-corrected chi connectivity index (χ1v) is 7.03. The van der Waals surface area contributed by atoms with Gasteiger partial charge in [-0.1, -0.05) is 13.3 Å². The van der Waals surface area contributed by atoms with E-state index in [2.05, 4.69) is 18.5 Å². The van der Waals surface area contributed by atoms with Gasteiger partial charge in [0, 0.05) is 5.54 Å². The SMILES string of the molecule is CCNC1(CO)CCCC1CCSC. The van der Waals surface area contributed by atoms with Gasteiger partial charge < -0.3 is 10.4 Å². The Morgan fingerprint density at radius 1 is 1.57 bits per heavy atom. The van der Waals surface area contributed by atoms with Gasteiger partial charge in [-0.25, -0.2) is 0 Å². The second-order valence-electron chi connectivity index (χ2n) is 4.22. The van der Waals surface area contributed by atoms with E-state index in [9.17, 15) is 5.11 Å². The second kappa shape index (κ2) is 5.99. The van der Waals surface area contributed by atoms with Crippen molar-refractivity contribution in [3.05, 3.63) is 0 Å². The first-order valence-electron chi connectivity index (χ1n) is 5.64. The zero-order chi connectivity index (χ0) is 10.4. The van der Waals surface area contributed by atoms with Crippen molar-refractivity contribution in [3.63, 3.8) is 0 Å². The van der Waals surface area contributed by atoms with Crippen LogP contribution >= 0.6 is 11.8 Å². The van der Waals surface area contributed by atoms with Crippen molar-refractivity contribution in [2.24, 2.45) is 5.92 Å². The lowest BCUT2D eigenvalue weighted by atomic mass is 9.86. The Balaban J connectivity index is 2.53. The molecule has 1 rings (SSSR count). The van der Waals surface area contributed by atoms with Gasteiger partial charge in [0.05, 0.1) is 6.61 Å². The van der Waals surface area contributed by atoms with E-state index < -0.39 is 0 Å². The number of rotatable bonds is 6. The third-order valence-electron chi connectivity index (χ3n) is 3.44. The second-order valence-corrected chi connectivity index (χ2v) is 5.20. The Labute approximate surface area is 91.9 Å². The van der Waals surface area contributed by atoms with Gasteiger partial charge in [-0.05, 0) is 43.7 Å². The van der Waals surface area contributed by atoms with Gasteiger partial charge in [0.25, 0.3) is 0 Å². The summed E-state index contributed by atoms with van der Waals surface area (Å²) < 4.78 is 0. The van der Waals surface area contributed by atoms with Crippen LogP contribution < -0.4 is 5.32 Å². The third-order valence-corrected chi connectivity index (χ3v) is 4.08. The summed E-state index contributed by atoms with van der Waals surface area (Å²) in [4.78, 5) is 0. The first-order chi connectivity index (χ1) is 6.79. The maximum Gasteiger partial charge on any atom is 0.0616 e. The Bertz CT molecular complexity index is 165. The van der Waals surface area contributed by atoms with E-state index in [1.807, 2.05) is 11.8 Å². The van der Waals surface area contributed by atoms with Crippen LogP contribution in [0.2, 0.25) is 0 Å². The minimum atomic E-state index is 0.0461. The topological polar surface area (TPSA) is 32.3 Å².